The average Bonchev–Trinajstić information content (AvgIpc) is 2.25. The van der Waals surface area contributed by atoms with Crippen molar-refractivity contribution in [3.05, 3.63) is 0 Å². The Labute approximate surface area is 97.6 Å². The molecule has 4 nitrogen and oxygen atoms in total. The van der Waals surface area contributed by atoms with E-state index in [4.69, 9.17) is 19.7 Å². The second-order valence-electron chi connectivity index (χ2n) is 4.75. The summed E-state index contributed by atoms with van der Waals surface area (Å²) in [6, 6.07) is 0. The lowest BCUT2D eigenvalue weighted by atomic mass is 9.83. The van der Waals surface area contributed by atoms with Gasteiger partial charge in [0.05, 0.1) is 13.2 Å². The topological polar surface area (TPSA) is 58.9 Å². The lowest BCUT2D eigenvalue weighted by molar-refractivity contribution is -0.110. The van der Waals surface area contributed by atoms with E-state index in [1.165, 1.54) is 0 Å². The van der Waals surface area contributed by atoms with Crippen molar-refractivity contribution in [3.63, 3.8) is 0 Å². The van der Waals surface area contributed by atoms with Crippen LogP contribution >= 0.6 is 0 Å². The van der Waals surface area contributed by atoms with Gasteiger partial charge in [-0.2, -0.15) is 0 Å². The van der Waals surface area contributed by atoms with Crippen molar-refractivity contribution >= 4 is 0 Å². The first-order valence-corrected chi connectivity index (χ1v) is 6.17. The van der Waals surface area contributed by atoms with Gasteiger partial charge in [0.15, 0.2) is 12.6 Å². The molecule has 0 aromatic rings. The molecule has 0 spiro atoms. The van der Waals surface area contributed by atoms with Crippen LogP contribution in [0, 0.1) is 11.8 Å². The van der Waals surface area contributed by atoms with E-state index >= 15 is 0 Å². The number of hydrogen-bond acceptors (Lipinski definition) is 4. The fourth-order valence-corrected chi connectivity index (χ4v) is 2.12. The van der Waals surface area contributed by atoms with Crippen molar-refractivity contribution in [1.29, 1.82) is 0 Å². The highest BCUT2D eigenvalue weighted by Crippen LogP contribution is 2.29. The Bertz CT molecular complexity index is 154. The van der Waals surface area contributed by atoms with E-state index in [1.807, 2.05) is 0 Å². The van der Waals surface area contributed by atoms with Crippen molar-refractivity contribution < 1.29 is 19.7 Å². The second-order valence-corrected chi connectivity index (χ2v) is 4.75. The molecular formula is C12H24O4. The van der Waals surface area contributed by atoms with E-state index in [9.17, 15) is 0 Å². The molecule has 1 rings (SSSR count). The Morgan fingerprint density at radius 2 is 1.19 bits per heavy atom. The highest BCUT2D eigenvalue weighted by atomic mass is 16.6. The zero-order valence-corrected chi connectivity index (χ0v) is 10.3. The first-order valence-electron chi connectivity index (χ1n) is 6.17. The van der Waals surface area contributed by atoms with E-state index in [-0.39, 0.29) is 0 Å². The Morgan fingerprint density at radius 1 is 0.875 bits per heavy atom. The molecule has 0 aromatic heterocycles. The molecule has 1 saturated carbocycles. The minimum absolute atomic E-state index is 0.567. The summed E-state index contributed by atoms with van der Waals surface area (Å²) in [5.41, 5.74) is 0. The number of ether oxygens (including phenoxy) is 2. The molecule has 2 N–H and O–H groups in total. The summed E-state index contributed by atoms with van der Waals surface area (Å²) in [6.07, 6.45) is 3.19. The van der Waals surface area contributed by atoms with Gasteiger partial charge >= 0.3 is 0 Å². The summed E-state index contributed by atoms with van der Waals surface area (Å²) in [4.78, 5) is 0. The molecule has 1 aliphatic carbocycles. The number of aliphatic hydroxyl groups excluding tert-OH is 2. The van der Waals surface area contributed by atoms with Crippen LogP contribution in [-0.4, -0.2) is 36.0 Å². The lowest BCUT2D eigenvalue weighted by Crippen LogP contribution is -2.24. The molecule has 0 aliphatic heterocycles. The Balaban J connectivity index is 2.09. The summed E-state index contributed by atoms with van der Waals surface area (Å²) in [5.74, 6) is 1.13. The van der Waals surface area contributed by atoms with E-state index in [0.29, 0.717) is 25.0 Å². The maximum atomic E-state index is 9.01. The highest BCUT2D eigenvalue weighted by Gasteiger charge is 2.22. The van der Waals surface area contributed by atoms with Crippen LogP contribution in [0.5, 0.6) is 0 Å². The van der Waals surface area contributed by atoms with Gasteiger partial charge in [-0.3, -0.25) is 0 Å². The van der Waals surface area contributed by atoms with Gasteiger partial charge in [0.2, 0.25) is 0 Å². The van der Waals surface area contributed by atoms with Crippen molar-refractivity contribution in [2.75, 3.05) is 13.2 Å². The fourth-order valence-electron chi connectivity index (χ4n) is 2.12. The summed E-state index contributed by atoms with van der Waals surface area (Å²) in [6.45, 7) is 4.59. The van der Waals surface area contributed by atoms with Gasteiger partial charge in [-0.05, 0) is 51.4 Å². The maximum Gasteiger partial charge on any atom is 0.151 e. The largest absolute Gasteiger partial charge is 0.368 e. The molecule has 0 saturated heterocycles. The third kappa shape index (κ3) is 5.80. The van der Waals surface area contributed by atoms with E-state index < -0.39 is 12.6 Å². The predicted octanol–water partition coefficient (Wildman–Crippen LogP) is 1.50. The third-order valence-electron chi connectivity index (χ3n) is 3.11. The molecule has 2 atom stereocenters. The summed E-state index contributed by atoms with van der Waals surface area (Å²) in [7, 11) is 0. The van der Waals surface area contributed by atoms with Gasteiger partial charge in [0, 0.05) is 0 Å². The van der Waals surface area contributed by atoms with Gasteiger partial charge in [-0.1, -0.05) is 0 Å². The van der Waals surface area contributed by atoms with E-state index in [0.717, 1.165) is 25.7 Å². The quantitative estimate of drug-likeness (QED) is 0.681. The Kier molecular flexibility index (Phi) is 6.28. The predicted molar refractivity (Wildman–Crippen MR) is 60.7 cm³/mol. The van der Waals surface area contributed by atoms with Gasteiger partial charge in [0.25, 0.3) is 0 Å². The molecule has 0 radical (unpaired) electrons. The first kappa shape index (κ1) is 13.9. The highest BCUT2D eigenvalue weighted by molar-refractivity contribution is 4.72. The molecule has 0 heterocycles. The molecular weight excluding hydrogens is 208 g/mol. The van der Waals surface area contributed by atoms with E-state index in [2.05, 4.69) is 0 Å². The van der Waals surface area contributed by atoms with Crippen LogP contribution in [-0.2, 0) is 9.47 Å². The van der Waals surface area contributed by atoms with Crippen LogP contribution in [0.3, 0.4) is 0 Å². The van der Waals surface area contributed by atoms with Crippen molar-refractivity contribution in [1.82, 2.24) is 0 Å². The van der Waals surface area contributed by atoms with Crippen LogP contribution in [0.2, 0.25) is 0 Å². The van der Waals surface area contributed by atoms with Crippen molar-refractivity contribution in [3.8, 4) is 0 Å². The summed E-state index contributed by atoms with van der Waals surface area (Å²) < 4.78 is 10.4. The van der Waals surface area contributed by atoms with Crippen molar-refractivity contribution in [2.24, 2.45) is 11.8 Å². The van der Waals surface area contributed by atoms with Crippen molar-refractivity contribution in [2.45, 2.75) is 52.1 Å². The Morgan fingerprint density at radius 3 is 1.44 bits per heavy atom. The number of hydrogen-bond donors (Lipinski definition) is 2. The van der Waals surface area contributed by atoms with Gasteiger partial charge in [0.1, 0.15) is 0 Å². The minimum atomic E-state index is -0.656. The van der Waals surface area contributed by atoms with Crippen LogP contribution in [0.1, 0.15) is 39.5 Å². The molecule has 0 aromatic carbocycles. The maximum absolute atomic E-state index is 9.01. The van der Waals surface area contributed by atoms with Gasteiger partial charge < -0.3 is 19.7 Å². The van der Waals surface area contributed by atoms with Crippen LogP contribution in [0.25, 0.3) is 0 Å². The second kappa shape index (κ2) is 7.22. The Hall–Kier alpha value is -0.160. The van der Waals surface area contributed by atoms with Crippen LogP contribution in [0.15, 0.2) is 0 Å². The molecule has 0 amide bonds. The molecule has 96 valence electrons. The summed E-state index contributed by atoms with van der Waals surface area (Å²) >= 11 is 0. The average molecular weight is 232 g/mol. The number of rotatable bonds is 6. The molecule has 2 unspecified atom stereocenters. The molecule has 1 aliphatic rings. The summed E-state index contributed by atoms with van der Waals surface area (Å²) in [5, 5.41) is 18.0. The van der Waals surface area contributed by atoms with Gasteiger partial charge in [-0.25, -0.2) is 0 Å². The third-order valence-corrected chi connectivity index (χ3v) is 3.11. The smallest absolute Gasteiger partial charge is 0.151 e. The van der Waals surface area contributed by atoms with Crippen LogP contribution in [0.4, 0.5) is 0 Å². The number of aliphatic hydroxyl groups is 2. The monoisotopic (exact) mass is 232 g/mol. The molecule has 0 bridgehead atoms. The van der Waals surface area contributed by atoms with E-state index in [1.54, 1.807) is 13.8 Å². The minimum Gasteiger partial charge on any atom is -0.368 e. The lowest BCUT2D eigenvalue weighted by Gasteiger charge is -2.28. The molecule has 4 heteroatoms. The standard InChI is InChI=1S/C12H24O4/c1-9(13)15-7-11-3-5-12(6-4-11)8-16-10(2)14/h9-14H,3-8H2,1-2H3. The fraction of sp³-hybridized carbons (Fsp3) is 1.00. The normalized spacial score (nSPS) is 30.0. The van der Waals surface area contributed by atoms with Crippen LogP contribution < -0.4 is 0 Å². The molecule has 16 heavy (non-hydrogen) atoms. The first-order chi connectivity index (χ1) is 7.58. The SMILES string of the molecule is CC(O)OCC1CCC(COC(C)O)CC1. The zero-order chi connectivity index (χ0) is 12.0. The molecule has 1 fully saturated rings. The zero-order valence-electron chi connectivity index (χ0n) is 10.3. The van der Waals surface area contributed by atoms with Gasteiger partial charge in [-0.15, -0.1) is 0 Å².